The van der Waals surface area contributed by atoms with Crippen LogP contribution in [0.2, 0.25) is 5.02 Å². The molecule has 1 heterocycles. The number of benzene rings is 2. The first-order valence-electron chi connectivity index (χ1n) is 9.08. The van der Waals surface area contributed by atoms with Crippen LogP contribution < -0.4 is 10.2 Å². The summed E-state index contributed by atoms with van der Waals surface area (Å²) in [7, 11) is 0. The SMILES string of the molecule is Cc1ccc(NC(=O)CC(=O)N2CCN(c3cccc(Cl)c3)CC2)cc1C. The van der Waals surface area contributed by atoms with Crippen LogP contribution in [0, 0.1) is 13.8 Å². The minimum absolute atomic E-state index is 0.135. The van der Waals surface area contributed by atoms with Gasteiger partial charge in [0.2, 0.25) is 11.8 Å². The highest BCUT2D eigenvalue weighted by molar-refractivity contribution is 6.30. The minimum atomic E-state index is -0.277. The van der Waals surface area contributed by atoms with Crippen LogP contribution in [0.3, 0.4) is 0 Å². The van der Waals surface area contributed by atoms with E-state index in [1.807, 2.05) is 56.3 Å². The van der Waals surface area contributed by atoms with E-state index in [0.29, 0.717) is 18.1 Å². The number of carbonyl (C=O) groups is 2. The molecular formula is C21H24ClN3O2. The molecule has 0 saturated carbocycles. The lowest BCUT2D eigenvalue weighted by Crippen LogP contribution is -2.49. The first-order chi connectivity index (χ1) is 12.9. The van der Waals surface area contributed by atoms with Crippen molar-refractivity contribution in [1.82, 2.24) is 4.90 Å². The van der Waals surface area contributed by atoms with Crippen molar-refractivity contribution >= 4 is 34.8 Å². The first-order valence-corrected chi connectivity index (χ1v) is 9.45. The second-order valence-electron chi connectivity index (χ2n) is 6.87. The third-order valence-corrected chi connectivity index (χ3v) is 5.14. The van der Waals surface area contributed by atoms with Gasteiger partial charge in [-0.3, -0.25) is 9.59 Å². The van der Waals surface area contributed by atoms with E-state index in [1.54, 1.807) is 4.90 Å². The Bertz CT molecular complexity index is 845. The van der Waals surface area contributed by atoms with Crippen LogP contribution >= 0.6 is 11.6 Å². The number of piperazine rings is 1. The molecule has 0 unspecified atom stereocenters. The molecule has 2 amide bonds. The minimum Gasteiger partial charge on any atom is -0.368 e. The van der Waals surface area contributed by atoms with Crippen LogP contribution in [-0.2, 0) is 9.59 Å². The van der Waals surface area contributed by atoms with Gasteiger partial charge in [0.15, 0.2) is 0 Å². The second kappa shape index (κ2) is 8.44. The summed E-state index contributed by atoms with van der Waals surface area (Å²) in [6, 6.07) is 13.4. The predicted octanol–water partition coefficient (Wildman–Crippen LogP) is 3.63. The van der Waals surface area contributed by atoms with Crippen molar-refractivity contribution in [3.63, 3.8) is 0 Å². The molecule has 5 nitrogen and oxygen atoms in total. The van der Waals surface area contributed by atoms with Gasteiger partial charge in [0.05, 0.1) is 0 Å². The van der Waals surface area contributed by atoms with Crippen molar-refractivity contribution in [1.29, 1.82) is 0 Å². The monoisotopic (exact) mass is 385 g/mol. The molecule has 0 atom stereocenters. The molecule has 1 fully saturated rings. The molecular weight excluding hydrogens is 362 g/mol. The fourth-order valence-corrected chi connectivity index (χ4v) is 3.34. The number of carbonyl (C=O) groups excluding carboxylic acids is 2. The maximum Gasteiger partial charge on any atom is 0.233 e. The van der Waals surface area contributed by atoms with Gasteiger partial charge in [0.25, 0.3) is 0 Å². The van der Waals surface area contributed by atoms with Crippen LogP contribution in [-0.4, -0.2) is 42.9 Å². The Morgan fingerprint density at radius 2 is 1.74 bits per heavy atom. The topological polar surface area (TPSA) is 52.7 Å². The van der Waals surface area contributed by atoms with E-state index in [0.717, 1.165) is 30.0 Å². The molecule has 0 bridgehead atoms. The van der Waals surface area contributed by atoms with Crippen molar-refractivity contribution in [3.8, 4) is 0 Å². The van der Waals surface area contributed by atoms with E-state index >= 15 is 0 Å². The maximum absolute atomic E-state index is 12.4. The summed E-state index contributed by atoms with van der Waals surface area (Å²) >= 11 is 6.05. The fourth-order valence-electron chi connectivity index (χ4n) is 3.16. The molecule has 27 heavy (non-hydrogen) atoms. The predicted molar refractivity (Wildman–Crippen MR) is 109 cm³/mol. The van der Waals surface area contributed by atoms with Gasteiger partial charge < -0.3 is 15.1 Å². The molecule has 1 N–H and O–H groups in total. The Kier molecular flexibility index (Phi) is 6.01. The maximum atomic E-state index is 12.4. The number of rotatable bonds is 4. The van der Waals surface area contributed by atoms with E-state index in [2.05, 4.69) is 10.2 Å². The van der Waals surface area contributed by atoms with Crippen molar-refractivity contribution in [2.75, 3.05) is 36.4 Å². The summed E-state index contributed by atoms with van der Waals surface area (Å²) in [5.41, 5.74) is 4.06. The molecule has 2 aromatic rings. The van der Waals surface area contributed by atoms with E-state index in [-0.39, 0.29) is 18.2 Å². The lowest BCUT2D eigenvalue weighted by molar-refractivity contribution is -0.134. The van der Waals surface area contributed by atoms with Crippen molar-refractivity contribution < 1.29 is 9.59 Å². The Labute approximate surface area is 164 Å². The summed E-state index contributed by atoms with van der Waals surface area (Å²) in [6.07, 6.45) is -0.135. The van der Waals surface area contributed by atoms with Gasteiger partial charge in [-0.2, -0.15) is 0 Å². The molecule has 0 radical (unpaired) electrons. The number of amides is 2. The first kappa shape index (κ1) is 19.2. The standard InChI is InChI=1S/C21H24ClN3O2/c1-15-6-7-18(12-16(15)2)23-20(26)14-21(27)25-10-8-24(9-11-25)19-5-3-4-17(22)13-19/h3-7,12-13H,8-11,14H2,1-2H3,(H,23,26). The van der Waals surface area contributed by atoms with Crippen molar-refractivity contribution in [3.05, 3.63) is 58.6 Å². The highest BCUT2D eigenvalue weighted by Crippen LogP contribution is 2.21. The Balaban J connectivity index is 1.50. The van der Waals surface area contributed by atoms with Gasteiger partial charge in [-0.05, 0) is 55.3 Å². The molecule has 2 aromatic carbocycles. The molecule has 1 saturated heterocycles. The Morgan fingerprint density at radius 3 is 2.41 bits per heavy atom. The number of nitrogens with one attached hydrogen (secondary N) is 1. The molecule has 6 heteroatoms. The zero-order valence-corrected chi connectivity index (χ0v) is 16.4. The molecule has 142 valence electrons. The van der Waals surface area contributed by atoms with Crippen LogP contribution in [0.25, 0.3) is 0 Å². The molecule has 0 spiro atoms. The molecule has 0 aromatic heterocycles. The second-order valence-corrected chi connectivity index (χ2v) is 7.31. The summed E-state index contributed by atoms with van der Waals surface area (Å²) in [5.74, 6) is -0.414. The van der Waals surface area contributed by atoms with Crippen molar-refractivity contribution in [2.24, 2.45) is 0 Å². The van der Waals surface area contributed by atoms with Gasteiger partial charge >= 0.3 is 0 Å². The molecule has 0 aliphatic carbocycles. The number of hydrogen-bond donors (Lipinski definition) is 1. The van der Waals surface area contributed by atoms with Crippen LogP contribution in [0.4, 0.5) is 11.4 Å². The van der Waals surface area contributed by atoms with Gasteiger partial charge in [-0.15, -0.1) is 0 Å². The van der Waals surface area contributed by atoms with E-state index in [1.165, 1.54) is 5.56 Å². The Hall–Kier alpha value is -2.53. The highest BCUT2D eigenvalue weighted by atomic mass is 35.5. The summed E-state index contributed by atoms with van der Waals surface area (Å²) in [6.45, 7) is 6.67. The lowest BCUT2D eigenvalue weighted by atomic mass is 10.1. The zero-order chi connectivity index (χ0) is 19.4. The normalized spacial score (nSPS) is 14.2. The van der Waals surface area contributed by atoms with E-state index in [9.17, 15) is 9.59 Å². The number of hydrogen-bond acceptors (Lipinski definition) is 3. The molecule has 1 aliphatic heterocycles. The van der Waals surface area contributed by atoms with Crippen LogP contribution in [0.1, 0.15) is 17.5 Å². The van der Waals surface area contributed by atoms with Gasteiger partial charge in [-0.25, -0.2) is 0 Å². The molecule has 3 rings (SSSR count). The quantitative estimate of drug-likeness (QED) is 0.817. The largest absolute Gasteiger partial charge is 0.368 e. The van der Waals surface area contributed by atoms with Crippen LogP contribution in [0.15, 0.2) is 42.5 Å². The van der Waals surface area contributed by atoms with Gasteiger partial charge in [0, 0.05) is 42.6 Å². The number of aryl methyl sites for hydroxylation is 2. The number of nitrogens with zero attached hydrogens (tertiary/aromatic N) is 2. The van der Waals surface area contributed by atoms with Crippen LogP contribution in [0.5, 0.6) is 0 Å². The summed E-state index contributed by atoms with van der Waals surface area (Å²) < 4.78 is 0. The third kappa shape index (κ3) is 5.01. The van der Waals surface area contributed by atoms with Gasteiger partial charge in [0.1, 0.15) is 6.42 Å². The van der Waals surface area contributed by atoms with Gasteiger partial charge in [-0.1, -0.05) is 23.7 Å². The highest BCUT2D eigenvalue weighted by Gasteiger charge is 2.23. The fraction of sp³-hybridized carbons (Fsp3) is 0.333. The zero-order valence-electron chi connectivity index (χ0n) is 15.7. The van der Waals surface area contributed by atoms with Crippen molar-refractivity contribution in [2.45, 2.75) is 20.3 Å². The third-order valence-electron chi connectivity index (χ3n) is 4.91. The van der Waals surface area contributed by atoms with E-state index in [4.69, 9.17) is 11.6 Å². The average Bonchev–Trinajstić information content (AvgIpc) is 2.65. The smallest absolute Gasteiger partial charge is 0.233 e. The summed E-state index contributed by atoms with van der Waals surface area (Å²) in [4.78, 5) is 28.6. The summed E-state index contributed by atoms with van der Waals surface area (Å²) in [5, 5.41) is 3.51. The Morgan fingerprint density at radius 1 is 1.00 bits per heavy atom. The number of halogens is 1. The lowest BCUT2D eigenvalue weighted by Gasteiger charge is -2.36. The van der Waals surface area contributed by atoms with E-state index < -0.39 is 0 Å². The number of anilines is 2. The average molecular weight is 386 g/mol. The molecule has 1 aliphatic rings.